The molecule has 0 rings (SSSR count). The predicted molar refractivity (Wildman–Crippen MR) is 58.8 cm³/mol. The lowest BCUT2D eigenvalue weighted by molar-refractivity contribution is -0.130. The van der Waals surface area contributed by atoms with Crippen LogP contribution >= 0.6 is 0 Å². The molecule has 0 heterocycles. The second kappa shape index (κ2) is 7.38. The molecule has 4 nitrogen and oxygen atoms in total. The fraction of sp³-hybridized carbons (Fsp3) is 0.700. The van der Waals surface area contributed by atoms with Crippen molar-refractivity contribution in [1.29, 1.82) is 0 Å². The molecule has 0 bridgehead atoms. The minimum atomic E-state index is 0.159. The first-order chi connectivity index (χ1) is 6.57. The van der Waals surface area contributed by atoms with Crippen LogP contribution in [-0.4, -0.2) is 49.9 Å². The molecule has 0 aliphatic rings. The summed E-state index contributed by atoms with van der Waals surface area (Å²) in [7, 11) is 5.61. The van der Waals surface area contributed by atoms with E-state index in [1.165, 1.54) is 0 Å². The van der Waals surface area contributed by atoms with Gasteiger partial charge in [-0.25, -0.2) is 0 Å². The van der Waals surface area contributed by atoms with E-state index >= 15 is 0 Å². The molecule has 0 spiro atoms. The first-order valence-electron chi connectivity index (χ1n) is 4.83. The summed E-state index contributed by atoms with van der Waals surface area (Å²) in [6.07, 6.45) is 5.34. The summed E-state index contributed by atoms with van der Waals surface area (Å²) in [4.78, 5) is 15.1. The van der Waals surface area contributed by atoms with E-state index in [0.29, 0.717) is 6.54 Å². The van der Waals surface area contributed by atoms with Crippen LogP contribution in [0.4, 0.5) is 0 Å². The van der Waals surface area contributed by atoms with Gasteiger partial charge < -0.3 is 15.5 Å². The highest BCUT2D eigenvalue weighted by atomic mass is 16.2. The van der Waals surface area contributed by atoms with Crippen LogP contribution in [-0.2, 0) is 4.79 Å². The topological polar surface area (TPSA) is 49.6 Å². The number of rotatable bonds is 6. The predicted octanol–water partition coefficient (Wildman–Crippen LogP) is 0.259. The number of carbonyl (C=O) groups excluding carboxylic acids is 1. The van der Waals surface area contributed by atoms with Gasteiger partial charge in [-0.05, 0) is 33.1 Å². The largest absolute Gasteiger partial charge is 0.405 e. The third-order valence-electron chi connectivity index (χ3n) is 1.88. The van der Waals surface area contributed by atoms with Gasteiger partial charge in [0.2, 0.25) is 5.91 Å². The maximum Gasteiger partial charge on any atom is 0.236 e. The minimum Gasteiger partial charge on any atom is -0.405 e. The summed E-state index contributed by atoms with van der Waals surface area (Å²) in [5, 5.41) is 0. The minimum absolute atomic E-state index is 0.159. The average molecular weight is 199 g/mol. The Labute approximate surface area is 86.4 Å². The lowest BCUT2D eigenvalue weighted by atomic mass is 10.3. The molecule has 0 radical (unpaired) electrons. The lowest BCUT2D eigenvalue weighted by Gasteiger charge is -2.19. The number of likely N-dealkylation sites (N-methyl/N-ethyl adjacent to an activating group) is 2. The van der Waals surface area contributed by atoms with Gasteiger partial charge in [0.1, 0.15) is 0 Å². The molecule has 0 atom stereocenters. The number of nitrogens with two attached hydrogens (primary N) is 1. The van der Waals surface area contributed by atoms with E-state index < -0.39 is 0 Å². The summed E-state index contributed by atoms with van der Waals surface area (Å²) >= 11 is 0. The molecule has 0 aromatic heterocycles. The van der Waals surface area contributed by atoms with Gasteiger partial charge in [0.05, 0.1) is 6.54 Å². The van der Waals surface area contributed by atoms with Crippen molar-refractivity contribution in [3.63, 3.8) is 0 Å². The fourth-order valence-corrected chi connectivity index (χ4v) is 1.06. The van der Waals surface area contributed by atoms with Gasteiger partial charge in [-0.15, -0.1) is 0 Å². The van der Waals surface area contributed by atoms with Crippen LogP contribution in [0, 0.1) is 0 Å². The van der Waals surface area contributed by atoms with Crippen molar-refractivity contribution in [2.45, 2.75) is 12.8 Å². The van der Waals surface area contributed by atoms with Crippen molar-refractivity contribution in [3.05, 3.63) is 12.3 Å². The highest BCUT2D eigenvalue weighted by Gasteiger charge is 2.07. The number of hydrogen-bond acceptors (Lipinski definition) is 3. The summed E-state index contributed by atoms with van der Waals surface area (Å²) < 4.78 is 0. The van der Waals surface area contributed by atoms with Gasteiger partial charge in [-0.1, -0.05) is 6.08 Å². The Morgan fingerprint density at radius 1 is 1.36 bits per heavy atom. The highest BCUT2D eigenvalue weighted by Crippen LogP contribution is 1.95. The molecule has 0 fully saturated rings. The summed E-state index contributed by atoms with van der Waals surface area (Å²) in [6.45, 7) is 1.26. The molecule has 0 saturated carbocycles. The third kappa shape index (κ3) is 6.48. The molecular weight excluding hydrogens is 178 g/mol. The Kier molecular flexibility index (Phi) is 6.84. The number of carbonyl (C=O) groups is 1. The molecule has 2 N–H and O–H groups in total. The van der Waals surface area contributed by atoms with Crippen LogP contribution in [0.1, 0.15) is 12.8 Å². The van der Waals surface area contributed by atoms with E-state index in [4.69, 9.17) is 5.73 Å². The van der Waals surface area contributed by atoms with E-state index in [1.54, 1.807) is 11.1 Å². The van der Waals surface area contributed by atoms with Crippen molar-refractivity contribution < 1.29 is 4.79 Å². The van der Waals surface area contributed by atoms with Gasteiger partial charge in [0, 0.05) is 13.6 Å². The summed E-state index contributed by atoms with van der Waals surface area (Å²) in [5.74, 6) is 0.159. The molecule has 0 aromatic rings. The third-order valence-corrected chi connectivity index (χ3v) is 1.88. The van der Waals surface area contributed by atoms with Crippen molar-refractivity contribution in [3.8, 4) is 0 Å². The zero-order valence-corrected chi connectivity index (χ0v) is 9.36. The van der Waals surface area contributed by atoms with Crippen LogP contribution < -0.4 is 5.73 Å². The van der Waals surface area contributed by atoms with E-state index in [-0.39, 0.29) is 5.91 Å². The number of amides is 1. The summed E-state index contributed by atoms with van der Waals surface area (Å²) in [6, 6.07) is 0. The molecule has 0 saturated heterocycles. The fourth-order valence-electron chi connectivity index (χ4n) is 1.06. The molecule has 14 heavy (non-hydrogen) atoms. The number of unbranched alkanes of at least 4 members (excludes halogenated alkanes) is 1. The Morgan fingerprint density at radius 3 is 2.50 bits per heavy atom. The zero-order chi connectivity index (χ0) is 11.0. The second-order valence-electron chi connectivity index (χ2n) is 3.62. The Morgan fingerprint density at radius 2 is 2.00 bits per heavy atom. The number of allylic oxidation sites excluding steroid dienone is 1. The van der Waals surface area contributed by atoms with Gasteiger partial charge in [0.25, 0.3) is 0 Å². The quantitative estimate of drug-likeness (QED) is 0.624. The smallest absolute Gasteiger partial charge is 0.236 e. The number of nitrogens with zero attached hydrogens (tertiary/aromatic N) is 2. The zero-order valence-electron chi connectivity index (χ0n) is 9.36. The molecule has 0 unspecified atom stereocenters. The van der Waals surface area contributed by atoms with Gasteiger partial charge in [-0.2, -0.15) is 0 Å². The maximum absolute atomic E-state index is 11.5. The monoisotopic (exact) mass is 199 g/mol. The maximum atomic E-state index is 11.5. The standard InChI is InChI=1S/C10H21N3O/c1-12(2)9-10(14)13(3)8-6-4-5-7-11/h5,7H,4,6,8-9,11H2,1-3H3/b7-5-. The van der Waals surface area contributed by atoms with Crippen LogP contribution in [0.15, 0.2) is 12.3 Å². The first-order valence-corrected chi connectivity index (χ1v) is 4.83. The van der Waals surface area contributed by atoms with Crippen LogP contribution in [0.3, 0.4) is 0 Å². The van der Waals surface area contributed by atoms with Crippen molar-refractivity contribution in [1.82, 2.24) is 9.80 Å². The van der Waals surface area contributed by atoms with E-state index in [1.807, 2.05) is 32.1 Å². The first kappa shape index (κ1) is 13.0. The van der Waals surface area contributed by atoms with Crippen molar-refractivity contribution >= 4 is 5.91 Å². The average Bonchev–Trinajstić information content (AvgIpc) is 2.11. The molecule has 0 aliphatic heterocycles. The Bertz CT molecular complexity index is 190. The van der Waals surface area contributed by atoms with Crippen molar-refractivity contribution in [2.24, 2.45) is 5.73 Å². The van der Waals surface area contributed by atoms with E-state index in [0.717, 1.165) is 19.4 Å². The Balaban J connectivity index is 3.62. The van der Waals surface area contributed by atoms with E-state index in [2.05, 4.69) is 0 Å². The molecule has 4 heteroatoms. The van der Waals surface area contributed by atoms with Crippen LogP contribution in [0.5, 0.6) is 0 Å². The molecule has 1 amide bonds. The van der Waals surface area contributed by atoms with Gasteiger partial charge in [-0.3, -0.25) is 4.79 Å². The van der Waals surface area contributed by atoms with Gasteiger partial charge >= 0.3 is 0 Å². The summed E-state index contributed by atoms with van der Waals surface area (Å²) in [5.41, 5.74) is 5.20. The molecule has 0 aromatic carbocycles. The molecule has 82 valence electrons. The second-order valence-corrected chi connectivity index (χ2v) is 3.62. The van der Waals surface area contributed by atoms with E-state index in [9.17, 15) is 4.79 Å². The van der Waals surface area contributed by atoms with Crippen molar-refractivity contribution in [2.75, 3.05) is 34.2 Å². The SMILES string of the molecule is CN(C)CC(=O)N(C)CCC/C=C\N. The molecule has 0 aliphatic carbocycles. The van der Waals surface area contributed by atoms with Gasteiger partial charge in [0.15, 0.2) is 0 Å². The Hall–Kier alpha value is -1.03. The van der Waals surface area contributed by atoms with Crippen LogP contribution in [0.25, 0.3) is 0 Å². The number of hydrogen-bond donors (Lipinski definition) is 1. The van der Waals surface area contributed by atoms with Crippen LogP contribution in [0.2, 0.25) is 0 Å². The highest BCUT2D eigenvalue weighted by molar-refractivity contribution is 5.77. The lowest BCUT2D eigenvalue weighted by Crippen LogP contribution is -2.35. The molecular formula is C10H21N3O. The normalized spacial score (nSPS) is 11.1.